The van der Waals surface area contributed by atoms with Crippen molar-refractivity contribution in [3.8, 4) is 6.07 Å². The minimum atomic E-state index is 0.539. The Hall–Kier alpha value is -1.83. The van der Waals surface area contributed by atoms with Gasteiger partial charge in [-0.15, -0.1) is 0 Å². The van der Waals surface area contributed by atoms with E-state index in [4.69, 9.17) is 5.26 Å². The summed E-state index contributed by atoms with van der Waals surface area (Å²) in [5.41, 5.74) is 0. The van der Waals surface area contributed by atoms with E-state index in [2.05, 4.69) is 26.3 Å². The van der Waals surface area contributed by atoms with Crippen molar-refractivity contribution in [2.75, 3.05) is 23.3 Å². The average Bonchev–Trinajstić information content (AvgIpc) is 3.15. The van der Waals surface area contributed by atoms with Crippen molar-refractivity contribution in [1.29, 1.82) is 5.26 Å². The summed E-state index contributed by atoms with van der Waals surface area (Å²) in [6.07, 6.45) is 4.71. The lowest BCUT2D eigenvalue weighted by Crippen LogP contribution is -2.27. The number of nitriles is 1. The Morgan fingerprint density at radius 1 is 1.59 bits per heavy atom. The molecule has 0 aromatic carbocycles. The summed E-state index contributed by atoms with van der Waals surface area (Å²) in [5, 5.41) is 11.8. The van der Waals surface area contributed by atoms with Crippen LogP contribution >= 0.6 is 0 Å². The van der Waals surface area contributed by atoms with Crippen molar-refractivity contribution in [2.24, 2.45) is 0 Å². The maximum absolute atomic E-state index is 8.68. The van der Waals surface area contributed by atoms with Crippen LogP contribution in [0.3, 0.4) is 0 Å². The quantitative estimate of drug-likeness (QED) is 0.808. The van der Waals surface area contributed by atoms with Gasteiger partial charge in [-0.25, -0.2) is 4.98 Å². The van der Waals surface area contributed by atoms with E-state index in [1.807, 2.05) is 13.0 Å². The van der Waals surface area contributed by atoms with E-state index in [0.29, 0.717) is 18.4 Å². The number of hydrogen-bond acceptors (Lipinski definition) is 5. The first-order valence-electron chi connectivity index (χ1n) is 6.05. The summed E-state index contributed by atoms with van der Waals surface area (Å²) in [7, 11) is 0. The van der Waals surface area contributed by atoms with E-state index in [1.165, 1.54) is 12.8 Å². The molecule has 5 nitrogen and oxygen atoms in total. The lowest BCUT2D eigenvalue weighted by atomic mass is 10.3. The number of aromatic nitrogens is 2. The molecule has 1 fully saturated rings. The zero-order chi connectivity index (χ0) is 12.1. The Balaban J connectivity index is 2.11. The molecule has 1 saturated carbocycles. The van der Waals surface area contributed by atoms with E-state index >= 15 is 0 Å². The molecule has 1 N–H and O–H groups in total. The summed E-state index contributed by atoms with van der Waals surface area (Å²) in [6, 6.07) is 4.67. The van der Waals surface area contributed by atoms with Crippen LogP contribution in [0.2, 0.25) is 0 Å². The first-order chi connectivity index (χ1) is 8.35. The molecular weight excluding hydrogens is 214 g/mol. The second kappa shape index (κ2) is 5.48. The molecule has 2 rings (SSSR count). The zero-order valence-electron chi connectivity index (χ0n) is 10.1. The van der Waals surface area contributed by atoms with Gasteiger partial charge in [-0.1, -0.05) is 0 Å². The molecule has 0 spiro atoms. The molecule has 0 aliphatic heterocycles. The maximum atomic E-state index is 8.68. The van der Waals surface area contributed by atoms with Crippen LogP contribution in [0.15, 0.2) is 12.3 Å². The third-order valence-corrected chi connectivity index (χ3v) is 2.72. The molecule has 1 aromatic heterocycles. The van der Waals surface area contributed by atoms with Crippen LogP contribution < -0.4 is 10.2 Å². The fourth-order valence-electron chi connectivity index (χ4n) is 1.79. The minimum Gasteiger partial charge on any atom is -0.354 e. The van der Waals surface area contributed by atoms with Crippen molar-refractivity contribution < 1.29 is 0 Å². The Labute approximate surface area is 101 Å². The number of rotatable bonds is 6. The van der Waals surface area contributed by atoms with Gasteiger partial charge in [-0.2, -0.15) is 10.2 Å². The Morgan fingerprint density at radius 3 is 3.06 bits per heavy atom. The van der Waals surface area contributed by atoms with Crippen molar-refractivity contribution in [3.05, 3.63) is 12.3 Å². The molecule has 1 aromatic rings. The van der Waals surface area contributed by atoms with Gasteiger partial charge >= 0.3 is 0 Å². The van der Waals surface area contributed by atoms with Crippen molar-refractivity contribution in [2.45, 2.75) is 32.2 Å². The Bertz CT molecular complexity index is 408. The SMILES string of the molecule is CCNc1nccc(N(CCC#N)C2CC2)n1. The Kier molecular flexibility index (Phi) is 3.76. The van der Waals surface area contributed by atoms with E-state index in [9.17, 15) is 0 Å². The van der Waals surface area contributed by atoms with Gasteiger partial charge in [0, 0.05) is 25.3 Å². The van der Waals surface area contributed by atoms with Crippen molar-refractivity contribution >= 4 is 11.8 Å². The van der Waals surface area contributed by atoms with Gasteiger partial charge in [0.2, 0.25) is 5.95 Å². The van der Waals surface area contributed by atoms with E-state index < -0.39 is 0 Å². The van der Waals surface area contributed by atoms with Gasteiger partial charge in [0.25, 0.3) is 0 Å². The number of nitrogens with zero attached hydrogens (tertiary/aromatic N) is 4. The number of anilines is 2. The monoisotopic (exact) mass is 231 g/mol. The molecule has 1 aliphatic rings. The lowest BCUT2D eigenvalue weighted by molar-refractivity contribution is 0.776. The van der Waals surface area contributed by atoms with Crippen LogP contribution in [0, 0.1) is 11.3 Å². The summed E-state index contributed by atoms with van der Waals surface area (Å²) in [5.74, 6) is 1.58. The van der Waals surface area contributed by atoms with Crippen LogP contribution in [0.5, 0.6) is 0 Å². The highest BCUT2D eigenvalue weighted by Gasteiger charge is 2.29. The van der Waals surface area contributed by atoms with E-state index in [1.54, 1.807) is 6.20 Å². The molecule has 0 atom stereocenters. The lowest BCUT2D eigenvalue weighted by Gasteiger charge is -2.22. The molecule has 17 heavy (non-hydrogen) atoms. The van der Waals surface area contributed by atoms with E-state index in [0.717, 1.165) is 18.9 Å². The zero-order valence-corrected chi connectivity index (χ0v) is 10.1. The fourth-order valence-corrected chi connectivity index (χ4v) is 1.79. The largest absolute Gasteiger partial charge is 0.354 e. The second-order valence-corrected chi connectivity index (χ2v) is 4.10. The molecule has 0 bridgehead atoms. The van der Waals surface area contributed by atoms with Gasteiger partial charge in [0.1, 0.15) is 5.82 Å². The first kappa shape index (κ1) is 11.6. The number of nitrogens with one attached hydrogen (secondary N) is 1. The van der Waals surface area contributed by atoms with Crippen LogP contribution in [0.4, 0.5) is 11.8 Å². The molecule has 1 aliphatic carbocycles. The van der Waals surface area contributed by atoms with Crippen LogP contribution in [0.25, 0.3) is 0 Å². The van der Waals surface area contributed by atoms with Gasteiger partial charge in [0.15, 0.2) is 0 Å². The van der Waals surface area contributed by atoms with Gasteiger partial charge in [0.05, 0.1) is 12.5 Å². The minimum absolute atomic E-state index is 0.539. The molecule has 0 unspecified atom stereocenters. The third-order valence-electron chi connectivity index (χ3n) is 2.72. The predicted molar refractivity (Wildman–Crippen MR) is 66.8 cm³/mol. The fraction of sp³-hybridized carbons (Fsp3) is 0.583. The first-order valence-corrected chi connectivity index (χ1v) is 6.05. The standard InChI is InChI=1S/C12H17N5/c1-2-14-12-15-8-6-11(16-12)17(9-3-7-13)10-4-5-10/h6,8,10H,2-5,9H2,1H3,(H,14,15,16). The molecule has 90 valence electrons. The Morgan fingerprint density at radius 2 is 2.41 bits per heavy atom. The topological polar surface area (TPSA) is 64.8 Å². The normalized spacial score (nSPS) is 14.1. The molecule has 0 amide bonds. The van der Waals surface area contributed by atoms with Crippen LogP contribution in [-0.2, 0) is 0 Å². The smallest absolute Gasteiger partial charge is 0.224 e. The van der Waals surface area contributed by atoms with Crippen LogP contribution in [0.1, 0.15) is 26.2 Å². The average molecular weight is 231 g/mol. The van der Waals surface area contributed by atoms with Gasteiger partial charge < -0.3 is 10.2 Å². The van der Waals surface area contributed by atoms with Crippen molar-refractivity contribution in [3.63, 3.8) is 0 Å². The van der Waals surface area contributed by atoms with Gasteiger partial charge in [-0.3, -0.25) is 0 Å². The number of hydrogen-bond donors (Lipinski definition) is 1. The molecule has 0 saturated heterocycles. The molecule has 5 heteroatoms. The molecular formula is C12H17N5. The van der Waals surface area contributed by atoms with Gasteiger partial charge in [-0.05, 0) is 25.8 Å². The maximum Gasteiger partial charge on any atom is 0.224 e. The highest BCUT2D eigenvalue weighted by molar-refractivity contribution is 5.44. The second-order valence-electron chi connectivity index (χ2n) is 4.10. The summed E-state index contributed by atoms with van der Waals surface area (Å²) < 4.78 is 0. The van der Waals surface area contributed by atoms with E-state index in [-0.39, 0.29) is 0 Å². The highest BCUT2D eigenvalue weighted by Crippen LogP contribution is 2.30. The molecule has 1 heterocycles. The van der Waals surface area contributed by atoms with Crippen molar-refractivity contribution in [1.82, 2.24) is 9.97 Å². The highest BCUT2D eigenvalue weighted by atomic mass is 15.3. The van der Waals surface area contributed by atoms with Crippen LogP contribution in [-0.4, -0.2) is 29.1 Å². The summed E-state index contributed by atoms with van der Waals surface area (Å²) >= 11 is 0. The third kappa shape index (κ3) is 3.06. The summed E-state index contributed by atoms with van der Waals surface area (Å²) in [4.78, 5) is 10.8. The predicted octanol–water partition coefficient (Wildman–Crippen LogP) is 1.79. The summed E-state index contributed by atoms with van der Waals surface area (Å²) in [6.45, 7) is 3.58. The molecule has 0 radical (unpaired) electrons.